The molecule has 5 nitrogen and oxygen atoms in total. The smallest absolute Gasteiger partial charge is 0.343 e. The van der Waals surface area contributed by atoms with Crippen LogP contribution in [-0.4, -0.2) is 39.0 Å². The molecule has 0 spiro atoms. The number of carboxylic acids is 2. The first kappa shape index (κ1) is 11.4. The fourth-order valence-electron chi connectivity index (χ4n) is 1.30. The third-order valence-corrected chi connectivity index (χ3v) is 2.23. The molecule has 0 aromatic heterocycles. The van der Waals surface area contributed by atoms with E-state index in [9.17, 15) is 19.1 Å². The Morgan fingerprint density at radius 3 is 2.40 bits per heavy atom. The topological polar surface area (TPSA) is 94.8 Å². The van der Waals surface area contributed by atoms with Crippen LogP contribution < -0.4 is 0 Å². The van der Waals surface area contributed by atoms with Gasteiger partial charge < -0.3 is 15.3 Å². The maximum absolute atomic E-state index is 13.5. The summed E-state index contributed by atoms with van der Waals surface area (Å²) in [6.45, 7) is 1.33. The van der Waals surface area contributed by atoms with Crippen molar-refractivity contribution in [3.8, 4) is 0 Å². The third-order valence-electron chi connectivity index (χ3n) is 2.23. The molecule has 15 heavy (non-hydrogen) atoms. The number of halogens is 1. The molecule has 1 aliphatic rings. The zero-order valence-electron chi connectivity index (χ0n) is 7.77. The minimum Gasteiger partial charge on any atom is -0.479 e. The van der Waals surface area contributed by atoms with Gasteiger partial charge in [0.25, 0.3) is 0 Å². The number of hydrogen-bond acceptors (Lipinski definition) is 3. The molecule has 2 atom stereocenters. The number of alkyl halides is 1. The van der Waals surface area contributed by atoms with Crippen molar-refractivity contribution in [3.63, 3.8) is 0 Å². The molecule has 0 saturated heterocycles. The number of aliphatic hydroxyl groups is 1. The quantitative estimate of drug-likeness (QED) is 0.609. The largest absolute Gasteiger partial charge is 0.479 e. The van der Waals surface area contributed by atoms with Crippen molar-refractivity contribution in [3.05, 3.63) is 23.3 Å². The average Bonchev–Trinajstić information content (AvgIpc) is 2.11. The van der Waals surface area contributed by atoms with E-state index in [1.807, 2.05) is 0 Å². The number of carbonyl (C=O) groups is 2. The Morgan fingerprint density at radius 1 is 1.47 bits per heavy atom. The standard InChI is InChI=1S/C9H9FO5/c1-4-2-3-9(15,8(13)14)6(10)5(4)7(11)12/h2-3,6,15H,1H3,(H,11,12)(H,13,14). The molecule has 0 aromatic carbocycles. The minimum absolute atomic E-state index is 0.0842. The summed E-state index contributed by atoms with van der Waals surface area (Å²) >= 11 is 0. The summed E-state index contributed by atoms with van der Waals surface area (Å²) in [5.41, 5.74) is -3.45. The van der Waals surface area contributed by atoms with Gasteiger partial charge in [-0.05, 0) is 18.6 Å². The van der Waals surface area contributed by atoms with Crippen molar-refractivity contribution >= 4 is 11.9 Å². The summed E-state index contributed by atoms with van der Waals surface area (Å²) in [4.78, 5) is 21.3. The first-order chi connectivity index (χ1) is 6.80. The van der Waals surface area contributed by atoms with Crippen molar-refractivity contribution in [2.75, 3.05) is 0 Å². The maximum atomic E-state index is 13.5. The van der Waals surface area contributed by atoms with Crippen molar-refractivity contribution < 1.29 is 29.3 Å². The van der Waals surface area contributed by atoms with Crippen molar-refractivity contribution in [2.24, 2.45) is 0 Å². The summed E-state index contributed by atoms with van der Waals surface area (Å²) in [5, 5.41) is 26.6. The summed E-state index contributed by atoms with van der Waals surface area (Å²) in [5.74, 6) is -3.40. The van der Waals surface area contributed by atoms with Gasteiger partial charge in [-0.15, -0.1) is 0 Å². The van der Waals surface area contributed by atoms with Crippen LogP contribution in [0.3, 0.4) is 0 Å². The fourth-order valence-corrected chi connectivity index (χ4v) is 1.30. The summed E-state index contributed by atoms with van der Waals surface area (Å²) < 4.78 is 13.5. The van der Waals surface area contributed by atoms with Crippen molar-refractivity contribution in [1.82, 2.24) is 0 Å². The Bertz CT molecular complexity index is 384. The van der Waals surface area contributed by atoms with Crippen molar-refractivity contribution in [1.29, 1.82) is 0 Å². The molecule has 3 N–H and O–H groups in total. The zero-order valence-corrected chi connectivity index (χ0v) is 7.77. The van der Waals surface area contributed by atoms with E-state index in [0.717, 1.165) is 12.2 Å². The Hall–Kier alpha value is -1.69. The second-order valence-electron chi connectivity index (χ2n) is 3.23. The van der Waals surface area contributed by atoms with Crippen LogP contribution in [0.1, 0.15) is 6.92 Å². The Kier molecular flexibility index (Phi) is 2.63. The molecule has 0 aliphatic heterocycles. The van der Waals surface area contributed by atoms with E-state index in [2.05, 4.69) is 0 Å². The van der Waals surface area contributed by atoms with Gasteiger partial charge in [0.15, 0.2) is 6.17 Å². The highest BCUT2D eigenvalue weighted by atomic mass is 19.1. The first-order valence-corrected chi connectivity index (χ1v) is 4.04. The van der Waals surface area contributed by atoms with Crippen LogP contribution in [0.5, 0.6) is 0 Å². The molecule has 1 aliphatic carbocycles. The van der Waals surface area contributed by atoms with Gasteiger partial charge in [0.05, 0.1) is 5.57 Å². The van der Waals surface area contributed by atoms with Crippen LogP contribution >= 0.6 is 0 Å². The highest BCUT2D eigenvalue weighted by Crippen LogP contribution is 2.30. The summed E-state index contributed by atoms with van der Waals surface area (Å²) in [6.07, 6.45) is -0.660. The van der Waals surface area contributed by atoms with E-state index >= 15 is 0 Å². The number of hydrogen-bond donors (Lipinski definition) is 3. The lowest BCUT2D eigenvalue weighted by Crippen LogP contribution is -2.49. The third kappa shape index (κ3) is 1.63. The summed E-state index contributed by atoms with van der Waals surface area (Å²) in [7, 11) is 0. The van der Waals surface area contributed by atoms with E-state index < -0.39 is 29.3 Å². The van der Waals surface area contributed by atoms with Gasteiger partial charge in [0.1, 0.15) is 0 Å². The van der Waals surface area contributed by atoms with Gasteiger partial charge in [0, 0.05) is 0 Å². The maximum Gasteiger partial charge on any atom is 0.343 e. The van der Waals surface area contributed by atoms with E-state index in [-0.39, 0.29) is 5.57 Å². The molecule has 0 fully saturated rings. The second kappa shape index (κ2) is 3.47. The lowest BCUT2D eigenvalue weighted by atomic mass is 9.84. The Balaban J connectivity index is 3.26. The van der Waals surface area contributed by atoms with Crippen LogP contribution in [0.4, 0.5) is 4.39 Å². The predicted molar refractivity (Wildman–Crippen MR) is 47.0 cm³/mol. The van der Waals surface area contributed by atoms with Gasteiger partial charge in [-0.25, -0.2) is 14.0 Å². The van der Waals surface area contributed by atoms with Gasteiger partial charge in [-0.1, -0.05) is 6.08 Å². The van der Waals surface area contributed by atoms with E-state index in [0.29, 0.717) is 0 Å². The molecule has 6 heteroatoms. The number of carboxylic acid groups (broad SMARTS) is 2. The van der Waals surface area contributed by atoms with Gasteiger partial charge in [-0.2, -0.15) is 0 Å². The van der Waals surface area contributed by atoms with Crippen LogP contribution in [0, 0.1) is 0 Å². The van der Waals surface area contributed by atoms with Crippen LogP contribution in [0.25, 0.3) is 0 Å². The molecular formula is C9H9FO5. The van der Waals surface area contributed by atoms with Gasteiger partial charge in [0.2, 0.25) is 5.60 Å². The number of aliphatic carboxylic acids is 2. The number of rotatable bonds is 2. The highest BCUT2D eigenvalue weighted by Gasteiger charge is 2.48. The predicted octanol–water partition coefficient (Wildman–Crippen LogP) is 0.111. The van der Waals surface area contributed by atoms with E-state index in [4.69, 9.17) is 10.2 Å². The molecule has 0 radical (unpaired) electrons. The molecule has 0 saturated carbocycles. The molecule has 2 unspecified atom stereocenters. The lowest BCUT2D eigenvalue weighted by molar-refractivity contribution is -0.158. The zero-order chi connectivity index (χ0) is 11.8. The molecule has 0 heterocycles. The molecule has 0 bridgehead atoms. The van der Waals surface area contributed by atoms with Gasteiger partial charge in [-0.3, -0.25) is 0 Å². The number of allylic oxidation sites excluding steroid dienone is 2. The molecule has 82 valence electrons. The Morgan fingerprint density at radius 2 is 2.00 bits per heavy atom. The van der Waals surface area contributed by atoms with Crippen molar-refractivity contribution in [2.45, 2.75) is 18.7 Å². The van der Waals surface area contributed by atoms with Crippen LogP contribution in [0.2, 0.25) is 0 Å². The highest BCUT2D eigenvalue weighted by molar-refractivity contribution is 5.94. The molecular weight excluding hydrogens is 207 g/mol. The second-order valence-corrected chi connectivity index (χ2v) is 3.23. The lowest BCUT2D eigenvalue weighted by Gasteiger charge is -2.28. The van der Waals surface area contributed by atoms with E-state index in [1.54, 1.807) is 0 Å². The fraction of sp³-hybridized carbons (Fsp3) is 0.333. The first-order valence-electron chi connectivity index (χ1n) is 4.04. The van der Waals surface area contributed by atoms with Gasteiger partial charge >= 0.3 is 11.9 Å². The monoisotopic (exact) mass is 216 g/mol. The average molecular weight is 216 g/mol. The molecule has 0 aromatic rings. The minimum atomic E-state index is -2.80. The molecule has 1 rings (SSSR count). The summed E-state index contributed by atoms with van der Waals surface area (Å²) in [6, 6.07) is 0. The van der Waals surface area contributed by atoms with Crippen LogP contribution in [0.15, 0.2) is 23.3 Å². The normalized spacial score (nSPS) is 30.5. The van der Waals surface area contributed by atoms with Crippen LogP contribution in [-0.2, 0) is 9.59 Å². The van der Waals surface area contributed by atoms with E-state index in [1.165, 1.54) is 6.92 Å². The Labute approximate surface area is 84.1 Å². The SMILES string of the molecule is CC1=C(C(=O)O)C(F)C(O)(C(=O)O)C=C1. The molecule has 0 amide bonds.